The van der Waals surface area contributed by atoms with Crippen molar-refractivity contribution in [3.05, 3.63) is 134 Å². The molecule has 0 unspecified atom stereocenters. The molecule has 1 aliphatic rings. The molecule has 2 aromatic heterocycles. The smallest absolute Gasteiger partial charge is 0.0548 e. The summed E-state index contributed by atoms with van der Waals surface area (Å²) in [6.07, 6.45) is 14.8. The molecule has 6 aromatic rings. The van der Waals surface area contributed by atoms with Gasteiger partial charge in [0.05, 0.1) is 22.1 Å². The molecule has 2 heteroatoms. The van der Waals surface area contributed by atoms with Crippen molar-refractivity contribution in [3.63, 3.8) is 0 Å². The number of para-hydroxylation sites is 3. The summed E-state index contributed by atoms with van der Waals surface area (Å²) in [5.41, 5.74) is 7.23. The monoisotopic (exact) mass is 434 g/mol. The Morgan fingerprint density at radius 1 is 0.412 bits per heavy atom. The summed E-state index contributed by atoms with van der Waals surface area (Å²) in [5.74, 6) is 0. The van der Waals surface area contributed by atoms with Crippen LogP contribution < -0.4 is 0 Å². The van der Waals surface area contributed by atoms with Gasteiger partial charge in [0.15, 0.2) is 0 Å². The molecule has 2 nitrogen and oxygen atoms in total. The van der Waals surface area contributed by atoms with Gasteiger partial charge >= 0.3 is 0 Å². The summed E-state index contributed by atoms with van der Waals surface area (Å²) in [4.78, 5) is 0. The third-order valence-electron chi connectivity index (χ3n) is 6.72. The Labute approximate surface area is 197 Å². The summed E-state index contributed by atoms with van der Waals surface area (Å²) in [7, 11) is 0. The van der Waals surface area contributed by atoms with Gasteiger partial charge in [-0.15, -0.1) is 0 Å². The zero-order chi connectivity index (χ0) is 22.5. The highest BCUT2D eigenvalue weighted by Crippen LogP contribution is 2.42. The standard InChI is InChI=1S/C32H22N2/c1-2-5-13-23(14-6-3-1)33-27-19-11-9-17-25(27)31-29(33)21-22-30-32(31)26-18-10-12-20-28(26)34(30)24-15-7-4-8-16-24/h1-22H. The Kier molecular flexibility index (Phi) is 4.18. The number of fused-ring (bicyclic) bond motifs is 7. The number of hydrogen-bond donors (Lipinski definition) is 0. The first-order valence-electron chi connectivity index (χ1n) is 11.6. The van der Waals surface area contributed by atoms with E-state index in [2.05, 4.69) is 143 Å². The average molecular weight is 435 g/mol. The number of hydrogen-bond acceptors (Lipinski definition) is 0. The number of benzene rings is 4. The van der Waals surface area contributed by atoms with Gasteiger partial charge in [-0.2, -0.15) is 0 Å². The Morgan fingerprint density at radius 3 is 1.71 bits per heavy atom. The molecule has 0 bridgehead atoms. The largest absolute Gasteiger partial charge is 0.309 e. The van der Waals surface area contributed by atoms with Crippen molar-refractivity contribution in [2.24, 2.45) is 0 Å². The minimum absolute atomic E-state index is 1.15. The van der Waals surface area contributed by atoms with Crippen LogP contribution in [0.15, 0.2) is 134 Å². The number of allylic oxidation sites excluding steroid dienone is 8. The van der Waals surface area contributed by atoms with E-state index >= 15 is 0 Å². The molecule has 160 valence electrons. The predicted octanol–water partition coefficient (Wildman–Crippen LogP) is 8.41. The summed E-state index contributed by atoms with van der Waals surface area (Å²) >= 11 is 0. The lowest BCUT2D eigenvalue weighted by Gasteiger charge is -2.10. The molecular weight excluding hydrogens is 412 g/mol. The topological polar surface area (TPSA) is 9.86 Å². The van der Waals surface area contributed by atoms with Crippen molar-refractivity contribution >= 4 is 49.3 Å². The summed E-state index contributed by atoms with van der Waals surface area (Å²) in [6.45, 7) is 0. The molecule has 34 heavy (non-hydrogen) atoms. The van der Waals surface area contributed by atoms with Crippen LogP contribution in [0.5, 0.6) is 0 Å². The number of aromatic nitrogens is 2. The Hall–Kier alpha value is -4.56. The van der Waals surface area contributed by atoms with Gasteiger partial charge in [0.2, 0.25) is 0 Å². The number of rotatable bonds is 2. The molecular formula is C32H22N2. The normalized spacial score (nSPS) is 13.7. The van der Waals surface area contributed by atoms with Crippen molar-refractivity contribution in [2.75, 3.05) is 0 Å². The highest BCUT2D eigenvalue weighted by Gasteiger charge is 2.20. The molecule has 4 aromatic carbocycles. The Balaban J connectivity index is 1.69. The maximum Gasteiger partial charge on any atom is 0.0548 e. The van der Waals surface area contributed by atoms with E-state index in [-0.39, 0.29) is 0 Å². The third kappa shape index (κ3) is 2.69. The highest BCUT2D eigenvalue weighted by molar-refractivity contribution is 6.29. The van der Waals surface area contributed by atoms with E-state index in [4.69, 9.17) is 0 Å². The predicted molar refractivity (Wildman–Crippen MR) is 145 cm³/mol. The molecule has 0 atom stereocenters. The van der Waals surface area contributed by atoms with Gasteiger partial charge in [-0.1, -0.05) is 85.0 Å². The van der Waals surface area contributed by atoms with Crippen molar-refractivity contribution in [1.82, 2.24) is 9.13 Å². The van der Waals surface area contributed by atoms with E-state index in [9.17, 15) is 0 Å². The van der Waals surface area contributed by atoms with Crippen molar-refractivity contribution in [1.29, 1.82) is 0 Å². The molecule has 1 aliphatic carbocycles. The lowest BCUT2D eigenvalue weighted by Crippen LogP contribution is -1.95. The van der Waals surface area contributed by atoms with Gasteiger partial charge in [0.25, 0.3) is 0 Å². The highest BCUT2D eigenvalue weighted by atomic mass is 15.0. The fraction of sp³-hybridized carbons (Fsp3) is 0. The zero-order valence-corrected chi connectivity index (χ0v) is 18.6. The summed E-state index contributed by atoms with van der Waals surface area (Å²) in [6, 6.07) is 32.7. The fourth-order valence-corrected chi connectivity index (χ4v) is 5.36. The van der Waals surface area contributed by atoms with Gasteiger partial charge < -0.3 is 9.13 Å². The first-order valence-corrected chi connectivity index (χ1v) is 11.6. The van der Waals surface area contributed by atoms with Crippen molar-refractivity contribution in [2.45, 2.75) is 0 Å². The lowest BCUT2D eigenvalue weighted by atomic mass is 10.1. The molecule has 0 aliphatic heterocycles. The van der Waals surface area contributed by atoms with Gasteiger partial charge in [-0.25, -0.2) is 0 Å². The summed E-state index contributed by atoms with van der Waals surface area (Å²) < 4.78 is 4.78. The molecule has 0 saturated carbocycles. The first-order chi connectivity index (χ1) is 16.9. The van der Waals surface area contributed by atoms with E-state index in [1.54, 1.807) is 0 Å². The third-order valence-corrected chi connectivity index (χ3v) is 6.72. The molecule has 0 fully saturated rings. The first kappa shape index (κ1) is 19.0. The van der Waals surface area contributed by atoms with Crippen LogP contribution in [-0.4, -0.2) is 9.13 Å². The van der Waals surface area contributed by atoms with E-state index < -0.39 is 0 Å². The average Bonchev–Trinajstić information content (AvgIpc) is 3.37. The van der Waals surface area contributed by atoms with Crippen LogP contribution in [0.2, 0.25) is 0 Å². The maximum absolute atomic E-state index is 2.39. The molecule has 0 amide bonds. The van der Waals surface area contributed by atoms with Crippen LogP contribution in [0.1, 0.15) is 0 Å². The Bertz CT molecular complexity index is 1840. The quantitative estimate of drug-likeness (QED) is 0.259. The van der Waals surface area contributed by atoms with Gasteiger partial charge in [0.1, 0.15) is 0 Å². The van der Waals surface area contributed by atoms with E-state index in [1.165, 1.54) is 49.3 Å². The SMILES string of the molecule is C1=CC=CC(n2c3ccccc3c3c4c5ccccc5n(-c5ccccc5)c4ccc32)=CC=C1. The molecule has 0 N–H and O–H groups in total. The van der Waals surface area contributed by atoms with Crippen molar-refractivity contribution in [3.8, 4) is 5.69 Å². The molecule has 0 spiro atoms. The summed E-state index contributed by atoms with van der Waals surface area (Å²) in [5, 5.41) is 5.16. The number of nitrogens with zero attached hydrogens (tertiary/aromatic N) is 2. The van der Waals surface area contributed by atoms with Gasteiger partial charge in [0, 0.05) is 32.9 Å². The van der Waals surface area contributed by atoms with Gasteiger partial charge in [-0.05, 0) is 48.6 Å². The van der Waals surface area contributed by atoms with Crippen molar-refractivity contribution < 1.29 is 0 Å². The minimum atomic E-state index is 1.15. The van der Waals surface area contributed by atoms with Gasteiger partial charge in [-0.3, -0.25) is 0 Å². The van der Waals surface area contributed by atoms with Crippen LogP contribution in [0.4, 0.5) is 0 Å². The minimum Gasteiger partial charge on any atom is -0.309 e. The maximum atomic E-state index is 2.39. The molecule has 7 rings (SSSR count). The second-order valence-corrected chi connectivity index (χ2v) is 8.61. The second-order valence-electron chi connectivity index (χ2n) is 8.61. The van der Waals surface area contributed by atoms with Crippen LogP contribution in [0.25, 0.3) is 55.0 Å². The molecule has 2 heterocycles. The lowest BCUT2D eigenvalue weighted by molar-refractivity contribution is 1.18. The fourth-order valence-electron chi connectivity index (χ4n) is 5.36. The van der Waals surface area contributed by atoms with Crippen LogP contribution in [0.3, 0.4) is 0 Å². The van der Waals surface area contributed by atoms with Crippen LogP contribution >= 0.6 is 0 Å². The molecule has 0 saturated heterocycles. The zero-order valence-electron chi connectivity index (χ0n) is 18.6. The van der Waals surface area contributed by atoms with E-state index in [0.717, 1.165) is 5.70 Å². The second kappa shape index (κ2) is 7.50. The van der Waals surface area contributed by atoms with E-state index in [1.807, 2.05) is 0 Å². The molecule has 0 radical (unpaired) electrons. The van der Waals surface area contributed by atoms with Crippen LogP contribution in [0, 0.1) is 0 Å². The van der Waals surface area contributed by atoms with E-state index in [0.29, 0.717) is 0 Å². The van der Waals surface area contributed by atoms with Crippen LogP contribution in [-0.2, 0) is 0 Å². The Morgan fingerprint density at radius 2 is 0.971 bits per heavy atom.